The number of piperazine rings is 1. The van der Waals surface area contributed by atoms with Crippen molar-refractivity contribution in [2.45, 2.75) is 25.4 Å². The second-order valence-electron chi connectivity index (χ2n) is 6.41. The first-order valence-corrected chi connectivity index (χ1v) is 9.57. The number of hydrogen-bond acceptors (Lipinski definition) is 3. The minimum Gasteiger partial charge on any atom is -0.369 e. The maximum absolute atomic E-state index is 12.6. The number of aryl methyl sites for hydroxylation is 1. The lowest BCUT2D eigenvalue weighted by Gasteiger charge is -2.36. The van der Waals surface area contributed by atoms with Crippen LogP contribution in [-0.4, -0.2) is 37.6 Å². The predicted octanol–water partition coefficient (Wildman–Crippen LogP) is 4.91. The van der Waals surface area contributed by atoms with Crippen LogP contribution < -0.4 is 4.90 Å². The molecule has 0 amide bonds. The Hall–Kier alpha value is -1.53. The van der Waals surface area contributed by atoms with E-state index in [0.29, 0.717) is 0 Å². The van der Waals surface area contributed by atoms with E-state index in [-0.39, 0.29) is 0 Å². The quantitative estimate of drug-likeness (QED) is 0.669. The highest BCUT2D eigenvalue weighted by Gasteiger charge is 2.30. The number of alkyl halides is 3. The van der Waals surface area contributed by atoms with Gasteiger partial charge in [0.15, 0.2) is 0 Å². The third kappa shape index (κ3) is 5.22. The van der Waals surface area contributed by atoms with Gasteiger partial charge in [-0.3, -0.25) is 4.90 Å². The molecule has 25 heavy (non-hydrogen) atoms. The lowest BCUT2D eigenvalue weighted by atomic mass is 10.1. The predicted molar refractivity (Wildman–Crippen MR) is 97.4 cm³/mol. The van der Waals surface area contributed by atoms with Crippen molar-refractivity contribution in [1.29, 1.82) is 0 Å². The molecule has 1 aromatic carbocycles. The number of benzene rings is 1. The summed E-state index contributed by atoms with van der Waals surface area (Å²) in [7, 11) is 0. The van der Waals surface area contributed by atoms with Crippen LogP contribution >= 0.6 is 11.3 Å². The van der Waals surface area contributed by atoms with Gasteiger partial charge in [-0.1, -0.05) is 6.07 Å². The Bertz CT molecular complexity index is 630. The lowest BCUT2D eigenvalue weighted by molar-refractivity contribution is -0.137. The maximum atomic E-state index is 12.6. The van der Waals surface area contributed by atoms with Crippen molar-refractivity contribution >= 4 is 17.0 Å². The van der Waals surface area contributed by atoms with E-state index < -0.39 is 11.7 Å². The van der Waals surface area contributed by atoms with Gasteiger partial charge in [0.1, 0.15) is 0 Å². The van der Waals surface area contributed by atoms with Gasteiger partial charge in [-0.15, -0.1) is 11.3 Å². The Morgan fingerprint density at radius 3 is 2.24 bits per heavy atom. The van der Waals surface area contributed by atoms with Gasteiger partial charge in [0.25, 0.3) is 0 Å². The zero-order valence-electron chi connectivity index (χ0n) is 14.1. The van der Waals surface area contributed by atoms with Gasteiger partial charge in [0.2, 0.25) is 0 Å². The highest BCUT2D eigenvalue weighted by molar-refractivity contribution is 7.09. The van der Waals surface area contributed by atoms with E-state index in [1.54, 1.807) is 12.1 Å². The molecule has 136 valence electrons. The van der Waals surface area contributed by atoms with Crippen molar-refractivity contribution in [3.63, 3.8) is 0 Å². The Balaban J connectivity index is 1.39. The molecule has 6 heteroatoms. The third-order valence-electron chi connectivity index (χ3n) is 4.66. The Morgan fingerprint density at radius 2 is 1.64 bits per heavy atom. The van der Waals surface area contributed by atoms with Crippen LogP contribution in [0.25, 0.3) is 0 Å². The number of halogens is 3. The monoisotopic (exact) mass is 368 g/mol. The summed E-state index contributed by atoms with van der Waals surface area (Å²) >= 11 is 1.82. The average molecular weight is 368 g/mol. The number of rotatable bonds is 6. The fraction of sp³-hybridized carbons (Fsp3) is 0.474. The molecule has 2 heterocycles. The van der Waals surface area contributed by atoms with Gasteiger partial charge >= 0.3 is 6.18 Å². The number of anilines is 1. The van der Waals surface area contributed by atoms with Crippen LogP contribution in [0.2, 0.25) is 0 Å². The van der Waals surface area contributed by atoms with E-state index in [0.717, 1.165) is 44.8 Å². The molecule has 3 rings (SSSR count). The van der Waals surface area contributed by atoms with Gasteiger partial charge in [-0.05, 0) is 61.5 Å². The standard InChI is InChI=1S/C19H23F3N2S/c20-19(21,22)16-6-8-17(9-7-16)24-13-11-23(12-14-24)10-2-1-4-18-5-3-15-25-18/h3,5-9,15H,1-2,4,10-14H2. The SMILES string of the molecule is FC(F)(F)c1ccc(N2CCN(CCCCc3cccs3)CC2)cc1. The summed E-state index contributed by atoms with van der Waals surface area (Å²) in [5, 5.41) is 2.12. The normalized spacial score (nSPS) is 16.4. The van der Waals surface area contributed by atoms with Crippen LogP contribution in [0.5, 0.6) is 0 Å². The minimum atomic E-state index is -4.26. The van der Waals surface area contributed by atoms with Crippen molar-refractivity contribution in [3.05, 3.63) is 52.2 Å². The summed E-state index contributed by atoms with van der Waals surface area (Å²) in [4.78, 5) is 6.07. The van der Waals surface area contributed by atoms with Gasteiger partial charge in [0.05, 0.1) is 5.56 Å². The Morgan fingerprint density at radius 1 is 0.920 bits per heavy atom. The molecule has 0 spiro atoms. The van der Waals surface area contributed by atoms with Gasteiger partial charge in [-0.25, -0.2) is 0 Å². The summed E-state index contributed by atoms with van der Waals surface area (Å²) < 4.78 is 37.9. The second-order valence-corrected chi connectivity index (χ2v) is 7.44. The first-order chi connectivity index (χ1) is 12.0. The molecule has 0 unspecified atom stereocenters. The molecule has 1 aliphatic heterocycles. The van der Waals surface area contributed by atoms with Crippen molar-refractivity contribution in [2.24, 2.45) is 0 Å². The van der Waals surface area contributed by atoms with Crippen LogP contribution in [0.15, 0.2) is 41.8 Å². The summed E-state index contributed by atoms with van der Waals surface area (Å²) in [5.74, 6) is 0. The van der Waals surface area contributed by atoms with Crippen molar-refractivity contribution in [3.8, 4) is 0 Å². The molecule has 0 atom stereocenters. The summed E-state index contributed by atoms with van der Waals surface area (Å²) in [5.41, 5.74) is 0.297. The summed E-state index contributed by atoms with van der Waals surface area (Å²) in [6.07, 6.45) is -0.707. The van der Waals surface area contributed by atoms with E-state index in [1.807, 2.05) is 11.3 Å². The van der Waals surface area contributed by atoms with Crippen LogP contribution in [0, 0.1) is 0 Å². The summed E-state index contributed by atoms with van der Waals surface area (Å²) in [6, 6.07) is 9.80. The van der Waals surface area contributed by atoms with Crippen molar-refractivity contribution in [1.82, 2.24) is 4.90 Å². The fourth-order valence-corrected chi connectivity index (χ4v) is 3.93. The van der Waals surface area contributed by atoms with Crippen LogP contribution in [-0.2, 0) is 12.6 Å². The van der Waals surface area contributed by atoms with E-state index in [9.17, 15) is 13.2 Å². The average Bonchev–Trinajstić information content (AvgIpc) is 3.12. The van der Waals surface area contributed by atoms with Gasteiger partial charge in [-0.2, -0.15) is 13.2 Å². The Labute approximate surface area is 150 Å². The maximum Gasteiger partial charge on any atom is 0.416 e. The molecule has 1 fully saturated rings. The zero-order chi connectivity index (χ0) is 17.7. The molecule has 1 aromatic heterocycles. The molecule has 1 saturated heterocycles. The van der Waals surface area contributed by atoms with E-state index >= 15 is 0 Å². The minimum absolute atomic E-state index is 0.583. The lowest BCUT2D eigenvalue weighted by Crippen LogP contribution is -2.46. The molecule has 0 saturated carbocycles. The number of nitrogens with zero attached hydrogens (tertiary/aromatic N) is 2. The van der Waals surface area contributed by atoms with Gasteiger partial charge in [0, 0.05) is 36.7 Å². The fourth-order valence-electron chi connectivity index (χ4n) is 3.18. The molecule has 0 aliphatic carbocycles. The molecule has 2 nitrogen and oxygen atoms in total. The van der Waals surface area contributed by atoms with E-state index in [2.05, 4.69) is 27.3 Å². The van der Waals surface area contributed by atoms with Crippen LogP contribution in [0.3, 0.4) is 0 Å². The number of unbranched alkanes of at least 4 members (excludes halogenated alkanes) is 1. The smallest absolute Gasteiger partial charge is 0.369 e. The second kappa shape index (κ2) is 8.23. The highest BCUT2D eigenvalue weighted by Crippen LogP contribution is 2.30. The highest BCUT2D eigenvalue weighted by atomic mass is 32.1. The van der Waals surface area contributed by atoms with E-state index in [4.69, 9.17) is 0 Å². The van der Waals surface area contributed by atoms with Crippen molar-refractivity contribution in [2.75, 3.05) is 37.6 Å². The number of thiophene rings is 1. The third-order valence-corrected chi connectivity index (χ3v) is 5.60. The molecule has 2 aromatic rings. The summed E-state index contributed by atoms with van der Waals surface area (Å²) in [6.45, 7) is 4.79. The first-order valence-electron chi connectivity index (χ1n) is 8.69. The van der Waals surface area contributed by atoms with E-state index in [1.165, 1.54) is 29.9 Å². The largest absolute Gasteiger partial charge is 0.416 e. The van der Waals surface area contributed by atoms with Crippen LogP contribution in [0.4, 0.5) is 18.9 Å². The number of hydrogen-bond donors (Lipinski definition) is 0. The molecule has 0 bridgehead atoms. The molecule has 1 aliphatic rings. The molecular formula is C19H23F3N2S. The Kier molecular flexibility index (Phi) is 6.02. The van der Waals surface area contributed by atoms with Crippen molar-refractivity contribution < 1.29 is 13.2 Å². The topological polar surface area (TPSA) is 6.48 Å². The van der Waals surface area contributed by atoms with Crippen LogP contribution in [0.1, 0.15) is 23.3 Å². The molecule has 0 radical (unpaired) electrons. The molecule has 0 N–H and O–H groups in total. The zero-order valence-corrected chi connectivity index (χ0v) is 15.0. The molecular weight excluding hydrogens is 345 g/mol. The van der Waals surface area contributed by atoms with Gasteiger partial charge < -0.3 is 4.90 Å². The first kappa shape index (κ1) is 18.3.